The van der Waals surface area contributed by atoms with Crippen molar-refractivity contribution < 1.29 is 13.2 Å². The molecule has 0 aromatic carbocycles. The van der Waals surface area contributed by atoms with Crippen LogP contribution in [-0.2, 0) is 21.3 Å². The summed E-state index contributed by atoms with van der Waals surface area (Å²) in [6.45, 7) is 6.82. The van der Waals surface area contributed by atoms with Gasteiger partial charge in [-0.1, -0.05) is 0 Å². The van der Waals surface area contributed by atoms with E-state index >= 15 is 0 Å². The van der Waals surface area contributed by atoms with Gasteiger partial charge in [0.15, 0.2) is 0 Å². The summed E-state index contributed by atoms with van der Waals surface area (Å²) in [6.07, 6.45) is 0.101. The van der Waals surface area contributed by atoms with Crippen molar-refractivity contribution in [2.24, 2.45) is 5.73 Å². The second-order valence-electron chi connectivity index (χ2n) is 4.62. The number of likely N-dealkylation sites (N-methyl/N-ethyl adjacent to an activating group) is 1. The maximum absolute atomic E-state index is 12.3. The van der Waals surface area contributed by atoms with E-state index in [1.807, 2.05) is 20.8 Å². The molecule has 2 N–H and O–H groups in total. The fourth-order valence-electron chi connectivity index (χ4n) is 1.51. The summed E-state index contributed by atoms with van der Waals surface area (Å²) in [4.78, 5) is 0.908. The van der Waals surface area contributed by atoms with Gasteiger partial charge in [-0.2, -0.15) is 4.31 Å². The largest absolute Gasteiger partial charge is 0.377 e. The Kier molecular flexibility index (Phi) is 5.94. The monoisotopic (exact) mass is 306 g/mol. The third-order valence-electron chi connectivity index (χ3n) is 2.71. The van der Waals surface area contributed by atoms with Crippen LogP contribution in [0.2, 0.25) is 0 Å². The Hall–Kier alpha value is -0.470. The number of rotatable bonds is 7. The third-order valence-corrected chi connectivity index (χ3v) is 6.27. The minimum absolute atomic E-state index is 0.101. The molecular formula is C12H22N2O3S2. The van der Waals surface area contributed by atoms with Gasteiger partial charge in [-0.05, 0) is 32.4 Å². The Morgan fingerprint density at radius 3 is 2.58 bits per heavy atom. The van der Waals surface area contributed by atoms with E-state index in [0.717, 1.165) is 10.4 Å². The van der Waals surface area contributed by atoms with Crippen molar-refractivity contribution >= 4 is 21.4 Å². The van der Waals surface area contributed by atoms with Gasteiger partial charge in [0, 0.05) is 25.0 Å². The molecule has 1 aromatic rings. The Morgan fingerprint density at radius 1 is 1.47 bits per heavy atom. The van der Waals surface area contributed by atoms with Gasteiger partial charge >= 0.3 is 0 Å². The van der Waals surface area contributed by atoms with Crippen molar-refractivity contribution in [1.82, 2.24) is 4.31 Å². The summed E-state index contributed by atoms with van der Waals surface area (Å²) < 4.78 is 31.7. The zero-order chi connectivity index (χ0) is 14.6. The van der Waals surface area contributed by atoms with Crippen LogP contribution >= 0.6 is 11.3 Å². The quantitative estimate of drug-likeness (QED) is 0.830. The molecule has 19 heavy (non-hydrogen) atoms. The van der Waals surface area contributed by atoms with Crippen LogP contribution in [0.4, 0.5) is 0 Å². The highest BCUT2D eigenvalue weighted by atomic mass is 32.2. The van der Waals surface area contributed by atoms with Crippen molar-refractivity contribution in [3.8, 4) is 0 Å². The maximum Gasteiger partial charge on any atom is 0.252 e. The average molecular weight is 306 g/mol. The molecule has 0 spiro atoms. The predicted molar refractivity (Wildman–Crippen MR) is 77.9 cm³/mol. The lowest BCUT2D eigenvalue weighted by Crippen LogP contribution is -2.30. The van der Waals surface area contributed by atoms with E-state index in [1.54, 1.807) is 13.1 Å². The van der Waals surface area contributed by atoms with Gasteiger partial charge in [0.25, 0.3) is 10.0 Å². The standard InChI is InChI=1S/C12H22N2O3S2/c1-9(2)17-6-5-14(4)19(15,16)12-7-10(3)11(8-13)18-12/h7,9H,5-6,8,13H2,1-4H3. The highest BCUT2D eigenvalue weighted by molar-refractivity contribution is 7.91. The molecule has 0 saturated heterocycles. The molecular weight excluding hydrogens is 284 g/mol. The lowest BCUT2D eigenvalue weighted by Gasteiger charge is -2.16. The summed E-state index contributed by atoms with van der Waals surface area (Å²) >= 11 is 1.24. The van der Waals surface area contributed by atoms with Gasteiger partial charge in [0.1, 0.15) is 4.21 Å². The molecule has 5 nitrogen and oxygen atoms in total. The van der Waals surface area contributed by atoms with Gasteiger partial charge in [-0.15, -0.1) is 11.3 Å². The Morgan fingerprint density at radius 2 is 2.11 bits per heavy atom. The molecule has 7 heteroatoms. The van der Waals surface area contributed by atoms with Gasteiger partial charge in [0.2, 0.25) is 0 Å². The number of thiophene rings is 1. The van der Waals surface area contributed by atoms with Crippen LogP contribution < -0.4 is 5.73 Å². The molecule has 110 valence electrons. The SMILES string of the molecule is Cc1cc(S(=O)(=O)N(C)CCOC(C)C)sc1CN. The smallest absolute Gasteiger partial charge is 0.252 e. The Balaban J connectivity index is 2.78. The predicted octanol–water partition coefficient (Wildman–Crippen LogP) is 1.56. The molecule has 0 radical (unpaired) electrons. The molecule has 0 aliphatic carbocycles. The molecule has 0 aliphatic rings. The first-order chi connectivity index (χ1) is 8.78. The van der Waals surface area contributed by atoms with E-state index in [-0.39, 0.29) is 6.10 Å². The molecule has 0 saturated carbocycles. The number of ether oxygens (including phenoxy) is 1. The number of aryl methyl sites for hydroxylation is 1. The van der Waals surface area contributed by atoms with E-state index in [2.05, 4.69) is 0 Å². The molecule has 0 aliphatic heterocycles. The van der Waals surface area contributed by atoms with Crippen molar-refractivity contribution in [1.29, 1.82) is 0 Å². The van der Waals surface area contributed by atoms with Crippen LogP contribution in [0.5, 0.6) is 0 Å². The molecule has 1 aromatic heterocycles. The average Bonchev–Trinajstić information content (AvgIpc) is 2.70. The van der Waals surface area contributed by atoms with Crippen LogP contribution in [0, 0.1) is 6.92 Å². The van der Waals surface area contributed by atoms with Gasteiger partial charge in [-0.25, -0.2) is 8.42 Å². The minimum Gasteiger partial charge on any atom is -0.377 e. The number of hydrogen-bond donors (Lipinski definition) is 1. The fourth-order valence-corrected chi connectivity index (χ4v) is 4.34. The number of nitrogens with two attached hydrogens (primary N) is 1. The van der Waals surface area contributed by atoms with Gasteiger partial charge in [0.05, 0.1) is 12.7 Å². The molecule has 1 rings (SSSR count). The maximum atomic E-state index is 12.3. The van der Waals surface area contributed by atoms with E-state index < -0.39 is 10.0 Å². The third kappa shape index (κ3) is 4.25. The first-order valence-corrected chi connectivity index (χ1v) is 8.42. The van der Waals surface area contributed by atoms with Crippen molar-refractivity contribution in [2.75, 3.05) is 20.2 Å². The summed E-state index contributed by atoms with van der Waals surface area (Å²) in [7, 11) is -1.87. The van der Waals surface area contributed by atoms with Gasteiger partial charge < -0.3 is 10.5 Å². The minimum atomic E-state index is -3.43. The van der Waals surface area contributed by atoms with Crippen molar-refractivity contribution in [3.63, 3.8) is 0 Å². The van der Waals surface area contributed by atoms with Gasteiger partial charge in [-0.3, -0.25) is 0 Å². The molecule has 1 heterocycles. The molecule has 0 fully saturated rings. The van der Waals surface area contributed by atoms with E-state index in [1.165, 1.54) is 15.6 Å². The van der Waals surface area contributed by atoms with Crippen LogP contribution in [0.25, 0.3) is 0 Å². The summed E-state index contributed by atoms with van der Waals surface area (Å²) in [5.74, 6) is 0. The lowest BCUT2D eigenvalue weighted by molar-refractivity contribution is 0.0737. The summed E-state index contributed by atoms with van der Waals surface area (Å²) in [5.41, 5.74) is 6.51. The Bertz CT molecular complexity index is 509. The molecule has 0 atom stereocenters. The first kappa shape index (κ1) is 16.6. The molecule has 0 amide bonds. The second kappa shape index (κ2) is 6.81. The highest BCUT2D eigenvalue weighted by Crippen LogP contribution is 2.27. The van der Waals surface area contributed by atoms with Crippen LogP contribution in [0.3, 0.4) is 0 Å². The Labute approximate surface area is 119 Å². The van der Waals surface area contributed by atoms with Crippen LogP contribution in [0.1, 0.15) is 24.3 Å². The van der Waals surface area contributed by atoms with E-state index in [9.17, 15) is 8.42 Å². The number of sulfonamides is 1. The second-order valence-corrected chi connectivity index (χ2v) is 8.03. The molecule has 0 unspecified atom stereocenters. The van der Waals surface area contributed by atoms with Crippen molar-refractivity contribution in [3.05, 3.63) is 16.5 Å². The molecule has 0 bridgehead atoms. The van der Waals surface area contributed by atoms with Crippen LogP contribution in [-0.4, -0.2) is 39.0 Å². The number of hydrogen-bond acceptors (Lipinski definition) is 5. The highest BCUT2D eigenvalue weighted by Gasteiger charge is 2.23. The lowest BCUT2D eigenvalue weighted by atomic mass is 10.3. The summed E-state index contributed by atoms with van der Waals surface area (Å²) in [6, 6.07) is 1.68. The van der Waals surface area contributed by atoms with Crippen molar-refractivity contribution in [2.45, 2.75) is 37.6 Å². The van der Waals surface area contributed by atoms with E-state index in [4.69, 9.17) is 10.5 Å². The fraction of sp³-hybridized carbons (Fsp3) is 0.667. The van der Waals surface area contributed by atoms with E-state index in [0.29, 0.717) is 23.9 Å². The topological polar surface area (TPSA) is 72.6 Å². The van der Waals surface area contributed by atoms with Crippen LogP contribution in [0.15, 0.2) is 10.3 Å². The first-order valence-electron chi connectivity index (χ1n) is 6.16. The summed E-state index contributed by atoms with van der Waals surface area (Å²) in [5, 5.41) is 0. The zero-order valence-corrected chi connectivity index (χ0v) is 13.5. The number of nitrogens with zero attached hydrogens (tertiary/aromatic N) is 1. The zero-order valence-electron chi connectivity index (χ0n) is 11.8. The normalized spacial score (nSPS) is 12.6.